The lowest BCUT2D eigenvalue weighted by molar-refractivity contribution is -0.122. The van der Waals surface area contributed by atoms with Crippen LogP contribution in [0, 0.1) is 20.8 Å². The van der Waals surface area contributed by atoms with Gasteiger partial charge in [0.1, 0.15) is 0 Å². The Labute approximate surface area is 168 Å². The second-order valence-corrected chi connectivity index (χ2v) is 8.48. The molecule has 1 saturated heterocycles. The van der Waals surface area contributed by atoms with Crippen LogP contribution in [0.3, 0.4) is 0 Å². The lowest BCUT2D eigenvalue weighted by Gasteiger charge is -2.11. The van der Waals surface area contributed by atoms with E-state index >= 15 is 0 Å². The van der Waals surface area contributed by atoms with Crippen LogP contribution in [-0.4, -0.2) is 32.9 Å². The number of Topliss-reactive ketones (excluding diaryl/α,β-unsaturated/α-hetero) is 1. The Morgan fingerprint density at radius 2 is 1.82 bits per heavy atom. The standard InChI is InChI=1S/C22H22N2O3S/c1-13-4-6-16(7-5-13)19(25)12-23-21(26)20(28-22(23)27)11-17-10-14(2)24(15(17)3)18-8-9-18/h4-7,10-11,18H,8-9,12H2,1-3H3/b20-11-. The predicted molar refractivity (Wildman–Crippen MR) is 110 cm³/mol. The molecule has 28 heavy (non-hydrogen) atoms. The van der Waals surface area contributed by atoms with Gasteiger partial charge < -0.3 is 4.57 Å². The summed E-state index contributed by atoms with van der Waals surface area (Å²) in [6.45, 7) is 5.82. The van der Waals surface area contributed by atoms with Crippen LogP contribution in [0.5, 0.6) is 0 Å². The molecule has 5 nitrogen and oxygen atoms in total. The Kier molecular flexibility index (Phi) is 4.75. The molecule has 2 fully saturated rings. The number of hydrogen-bond acceptors (Lipinski definition) is 4. The van der Waals surface area contributed by atoms with Crippen molar-refractivity contribution in [3.05, 3.63) is 63.3 Å². The maximum Gasteiger partial charge on any atom is 0.293 e. The van der Waals surface area contributed by atoms with Gasteiger partial charge in [-0.3, -0.25) is 19.3 Å². The van der Waals surface area contributed by atoms with E-state index in [1.54, 1.807) is 18.2 Å². The number of rotatable bonds is 5. The summed E-state index contributed by atoms with van der Waals surface area (Å²) >= 11 is 0.901. The van der Waals surface area contributed by atoms with Crippen molar-refractivity contribution in [3.63, 3.8) is 0 Å². The summed E-state index contributed by atoms with van der Waals surface area (Å²) in [5.41, 5.74) is 4.79. The minimum atomic E-state index is -0.397. The van der Waals surface area contributed by atoms with E-state index < -0.39 is 11.1 Å². The van der Waals surface area contributed by atoms with E-state index in [0.717, 1.165) is 33.5 Å². The summed E-state index contributed by atoms with van der Waals surface area (Å²) in [6, 6.07) is 9.74. The molecule has 1 aliphatic carbocycles. The highest BCUT2D eigenvalue weighted by molar-refractivity contribution is 8.18. The summed E-state index contributed by atoms with van der Waals surface area (Å²) in [4.78, 5) is 39.0. The summed E-state index contributed by atoms with van der Waals surface area (Å²) in [7, 11) is 0. The maximum atomic E-state index is 12.7. The van der Waals surface area contributed by atoms with E-state index in [1.807, 2.05) is 26.0 Å². The number of carbonyl (C=O) groups is 3. The van der Waals surface area contributed by atoms with Gasteiger partial charge in [0, 0.05) is 23.0 Å². The van der Waals surface area contributed by atoms with E-state index in [0.29, 0.717) is 16.5 Å². The molecule has 2 aliphatic rings. The average molecular weight is 394 g/mol. The molecule has 0 bridgehead atoms. The number of thioether (sulfide) groups is 1. The number of ketones is 1. The molecule has 1 saturated carbocycles. The number of benzene rings is 1. The van der Waals surface area contributed by atoms with Gasteiger partial charge in [-0.05, 0) is 63.1 Å². The SMILES string of the molecule is Cc1ccc(C(=O)CN2C(=O)S/C(=C\c3cc(C)n(C4CC4)c3C)C2=O)cc1. The number of nitrogens with zero attached hydrogens (tertiary/aromatic N) is 2. The van der Waals surface area contributed by atoms with E-state index in [4.69, 9.17) is 0 Å². The van der Waals surface area contributed by atoms with Gasteiger partial charge in [0.25, 0.3) is 11.1 Å². The Balaban J connectivity index is 1.54. The van der Waals surface area contributed by atoms with Crippen molar-refractivity contribution >= 4 is 34.8 Å². The van der Waals surface area contributed by atoms with Crippen molar-refractivity contribution < 1.29 is 14.4 Å². The van der Waals surface area contributed by atoms with Gasteiger partial charge in [-0.2, -0.15) is 0 Å². The molecule has 2 aromatic rings. The maximum absolute atomic E-state index is 12.7. The Morgan fingerprint density at radius 3 is 2.46 bits per heavy atom. The van der Waals surface area contributed by atoms with Crippen molar-refractivity contribution in [2.75, 3.05) is 6.54 Å². The quantitative estimate of drug-likeness (QED) is 0.546. The van der Waals surface area contributed by atoms with Gasteiger partial charge in [0.15, 0.2) is 5.78 Å². The summed E-state index contributed by atoms with van der Waals surface area (Å²) in [5.74, 6) is -0.637. The van der Waals surface area contributed by atoms with Crippen LogP contribution in [-0.2, 0) is 4.79 Å². The van der Waals surface area contributed by atoms with Crippen LogP contribution in [0.1, 0.15) is 51.8 Å². The van der Waals surface area contributed by atoms with Gasteiger partial charge >= 0.3 is 0 Å². The van der Waals surface area contributed by atoms with E-state index in [9.17, 15) is 14.4 Å². The highest BCUT2D eigenvalue weighted by Crippen LogP contribution is 2.39. The largest absolute Gasteiger partial charge is 0.346 e. The molecule has 144 valence electrons. The molecule has 1 aliphatic heterocycles. The summed E-state index contributed by atoms with van der Waals surface area (Å²) < 4.78 is 2.30. The molecule has 0 atom stereocenters. The molecule has 6 heteroatoms. The molecule has 1 aromatic carbocycles. The third kappa shape index (κ3) is 3.44. The number of hydrogen-bond donors (Lipinski definition) is 0. The fourth-order valence-electron chi connectivity index (χ4n) is 3.60. The molecule has 0 unspecified atom stereocenters. The zero-order valence-electron chi connectivity index (χ0n) is 16.2. The smallest absolute Gasteiger partial charge is 0.293 e. The Morgan fingerprint density at radius 1 is 1.14 bits per heavy atom. The van der Waals surface area contributed by atoms with Crippen LogP contribution in [0.2, 0.25) is 0 Å². The fraction of sp³-hybridized carbons (Fsp3) is 0.318. The minimum Gasteiger partial charge on any atom is -0.346 e. The van der Waals surface area contributed by atoms with Gasteiger partial charge in [0.2, 0.25) is 0 Å². The van der Waals surface area contributed by atoms with Crippen molar-refractivity contribution in [1.29, 1.82) is 0 Å². The van der Waals surface area contributed by atoms with E-state index in [-0.39, 0.29) is 12.3 Å². The van der Waals surface area contributed by atoms with Crippen LogP contribution in [0.25, 0.3) is 6.08 Å². The van der Waals surface area contributed by atoms with Crippen molar-refractivity contribution in [1.82, 2.24) is 9.47 Å². The molecule has 0 N–H and O–H groups in total. The first-order valence-corrected chi connectivity index (χ1v) is 10.2. The number of aromatic nitrogens is 1. The third-order valence-electron chi connectivity index (χ3n) is 5.27. The first-order valence-electron chi connectivity index (χ1n) is 9.39. The van der Waals surface area contributed by atoms with Gasteiger partial charge in [-0.1, -0.05) is 29.8 Å². The fourth-order valence-corrected chi connectivity index (χ4v) is 4.42. The van der Waals surface area contributed by atoms with Crippen molar-refractivity contribution in [3.8, 4) is 0 Å². The van der Waals surface area contributed by atoms with Crippen LogP contribution < -0.4 is 0 Å². The monoisotopic (exact) mass is 394 g/mol. The second-order valence-electron chi connectivity index (χ2n) is 7.48. The number of imide groups is 1. The molecule has 2 heterocycles. The van der Waals surface area contributed by atoms with Gasteiger partial charge in [-0.15, -0.1) is 0 Å². The van der Waals surface area contributed by atoms with Gasteiger partial charge in [-0.25, -0.2) is 0 Å². The average Bonchev–Trinajstić information content (AvgIpc) is 3.40. The third-order valence-corrected chi connectivity index (χ3v) is 6.18. The zero-order valence-corrected chi connectivity index (χ0v) is 17.0. The highest BCUT2D eigenvalue weighted by Gasteiger charge is 2.37. The van der Waals surface area contributed by atoms with Crippen LogP contribution in [0.4, 0.5) is 4.79 Å². The second kappa shape index (κ2) is 7.09. The molecule has 0 spiro atoms. The molecular weight excluding hydrogens is 372 g/mol. The molecule has 1 aromatic heterocycles. The predicted octanol–water partition coefficient (Wildman–Crippen LogP) is 4.67. The van der Waals surface area contributed by atoms with Crippen LogP contribution in [0.15, 0.2) is 35.2 Å². The Bertz CT molecular complexity index is 1010. The molecule has 2 amide bonds. The zero-order chi connectivity index (χ0) is 20.0. The van der Waals surface area contributed by atoms with Crippen molar-refractivity contribution in [2.45, 2.75) is 39.7 Å². The first kappa shape index (κ1) is 18.7. The van der Waals surface area contributed by atoms with E-state index in [1.165, 1.54) is 18.5 Å². The normalized spacial score (nSPS) is 18.4. The summed E-state index contributed by atoms with van der Waals surface area (Å²) in [5, 5.41) is -0.396. The summed E-state index contributed by atoms with van der Waals surface area (Å²) in [6.07, 6.45) is 4.16. The van der Waals surface area contributed by atoms with Gasteiger partial charge in [0.05, 0.1) is 11.4 Å². The first-order chi connectivity index (χ1) is 13.3. The number of amides is 2. The van der Waals surface area contributed by atoms with E-state index in [2.05, 4.69) is 17.6 Å². The lowest BCUT2D eigenvalue weighted by atomic mass is 10.1. The molecule has 4 rings (SSSR count). The minimum absolute atomic E-state index is 0.230. The highest BCUT2D eigenvalue weighted by atomic mass is 32.2. The molecular formula is C22H22N2O3S. The number of carbonyl (C=O) groups excluding carboxylic acids is 3. The molecule has 0 radical (unpaired) electrons. The Hall–Kier alpha value is -2.60. The lowest BCUT2D eigenvalue weighted by Crippen LogP contribution is -2.33. The number of aryl methyl sites for hydroxylation is 2. The topological polar surface area (TPSA) is 59.4 Å². The van der Waals surface area contributed by atoms with Crippen molar-refractivity contribution in [2.24, 2.45) is 0 Å². The van der Waals surface area contributed by atoms with Crippen LogP contribution >= 0.6 is 11.8 Å².